The van der Waals surface area contributed by atoms with E-state index in [0.717, 1.165) is 48.8 Å². The van der Waals surface area contributed by atoms with Gasteiger partial charge in [0.2, 0.25) is 0 Å². The molecule has 0 N–H and O–H groups in total. The summed E-state index contributed by atoms with van der Waals surface area (Å²) in [6, 6.07) is 21.0. The lowest BCUT2D eigenvalue weighted by molar-refractivity contribution is 0.576. The molecule has 0 heterocycles. The lowest BCUT2D eigenvalue weighted by atomic mass is 9.98. The van der Waals surface area contributed by atoms with E-state index in [1.165, 1.54) is 17.2 Å². The third-order valence-electron chi connectivity index (χ3n) is 5.88. The molecule has 0 bridgehead atoms. The normalized spacial score (nSPS) is 10.5. The lowest BCUT2D eigenvalue weighted by Gasteiger charge is -2.07. The van der Waals surface area contributed by atoms with Crippen LogP contribution < -0.4 is 0 Å². The molecular formula is C31H22F3N. The summed E-state index contributed by atoms with van der Waals surface area (Å²) in [6.07, 6.45) is 5.60. The molecule has 0 saturated carbocycles. The Labute approximate surface area is 203 Å². The van der Waals surface area contributed by atoms with Gasteiger partial charge < -0.3 is 0 Å². The van der Waals surface area contributed by atoms with E-state index >= 15 is 4.39 Å². The smallest absolute Gasteiger partial charge is 0.146 e. The van der Waals surface area contributed by atoms with Crippen LogP contribution in [0.15, 0.2) is 79.4 Å². The Hall–Kier alpha value is -4.28. The van der Waals surface area contributed by atoms with E-state index in [0.29, 0.717) is 5.39 Å². The monoisotopic (exact) mass is 465 g/mol. The maximum Gasteiger partial charge on any atom is 0.146 e. The van der Waals surface area contributed by atoms with E-state index in [4.69, 9.17) is 5.26 Å². The van der Waals surface area contributed by atoms with Crippen molar-refractivity contribution in [3.05, 3.63) is 130 Å². The van der Waals surface area contributed by atoms with Crippen molar-refractivity contribution < 1.29 is 13.2 Å². The fourth-order valence-electron chi connectivity index (χ4n) is 3.91. The summed E-state index contributed by atoms with van der Waals surface area (Å²) in [6.45, 7) is 3.76. The minimum absolute atomic E-state index is 0.0302. The largest absolute Gasteiger partial charge is 0.205 e. The minimum atomic E-state index is -0.994. The Morgan fingerprint density at radius 1 is 0.743 bits per heavy atom. The first-order valence-electron chi connectivity index (χ1n) is 11.3. The molecule has 0 aliphatic heterocycles. The highest BCUT2D eigenvalue weighted by Gasteiger charge is 2.10. The van der Waals surface area contributed by atoms with Gasteiger partial charge in [-0.05, 0) is 66.0 Å². The number of aryl methyl sites for hydroxylation is 3. The zero-order chi connectivity index (χ0) is 24.8. The molecule has 35 heavy (non-hydrogen) atoms. The Morgan fingerprint density at radius 2 is 1.37 bits per heavy atom. The fraction of sp³-hybridized carbons (Fsp3) is 0.129. The second kappa shape index (κ2) is 10.8. The van der Waals surface area contributed by atoms with Crippen LogP contribution in [-0.4, -0.2) is 0 Å². The summed E-state index contributed by atoms with van der Waals surface area (Å²) in [5, 5.41) is 9.96. The number of fused-ring (bicyclic) bond motifs is 1. The number of halogens is 3. The second-order valence-electron chi connectivity index (χ2n) is 8.30. The van der Waals surface area contributed by atoms with Crippen molar-refractivity contribution in [2.75, 3.05) is 0 Å². The number of hydrogen-bond donors (Lipinski definition) is 0. The molecule has 0 atom stereocenters. The summed E-state index contributed by atoms with van der Waals surface area (Å²) in [7, 11) is 0. The van der Waals surface area contributed by atoms with Crippen LogP contribution in [-0.2, 0) is 19.3 Å². The van der Waals surface area contributed by atoms with Gasteiger partial charge >= 0.3 is 0 Å². The molecule has 0 aromatic heterocycles. The standard InChI is InChI=1S/C31H22F3N/c1-2-3-4-21-5-7-22(8-6-21)9-10-23-12-16-27-26(17-23)15-14-25(31(27)34)13-11-24-18-29(32)28(20-35)30(33)19-24/h2,5-8,12,14-19H,1,3-4,9-10H2. The van der Waals surface area contributed by atoms with Crippen molar-refractivity contribution in [3.8, 4) is 17.9 Å². The molecule has 0 amide bonds. The third kappa shape index (κ3) is 5.62. The maximum absolute atomic E-state index is 15.1. The van der Waals surface area contributed by atoms with Crippen LogP contribution in [0.5, 0.6) is 0 Å². The molecule has 0 spiro atoms. The summed E-state index contributed by atoms with van der Waals surface area (Å²) >= 11 is 0. The summed E-state index contributed by atoms with van der Waals surface area (Å²) in [5.41, 5.74) is 3.15. The quantitative estimate of drug-likeness (QED) is 0.215. The van der Waals surface area contributed by atoms with E-state index in [-0.39, 0.29) is 11.1 Å². The van der Waals surface area contributed by atoms with E-state index in [1.807, 2.05) is 18.2 Å². The van der Waals surface area contributed by atoms with Crippen molar-refractivity contribution >= 4 is 10.8 Å². The predicted octanol–water partition coefficient (Wildman–Crippen LogP) is 7.43. The lowest BCUT2D eigenvalue weighted by Crippen LogP contribution is -1.94. The van der Waals surface area contributed by atoms with Gasteiger partial charge in [-0.1, -0.05) is 66.4 Å². The second-order valence-corrected chi connectivity index (χ2v) is 8.30. The molecule has 1 nitrogen and oxygen atoms in total. The van der Waals surface area contributed by atoms with Crippen LogP contribution in [0.3, 0.4) is 0 Å². The van der Waals surface area contributed by atoms with Gasteiger partial charge in [-0.2, -0.15) is 5.26 Å². The average Bonchev–Trinajstić information content (AvgIpc) is 2.86. The molecule has 4 rings (SSSR count). The van der Waals surface area contributed by atoms with Crippen molar-refractivity contribution in [1.29, 1.82) is 5.26 Å². The fourth-order valence-corrected chi connectivity index (χ4v) is 3.91. The third-order valence-corrected chi connectivity index (χ3v) is 5.88. The van der Waals surface area contributed by atoms with Crippen molar-refractivity contribution in [1.82, 2.24) is 0 Å². The Bertz CT molecular complexity index is 1480. The number of hydrogen-bond acceptors (Lipinski definition) is 1. The summed E-state index contributed by atoms with van der Waals surface area (Å²) in [5.74, 6) is 2.76. The first kappa shape index (κ1) is 23.9. The van der Waals surface area contributed by atoms with Gasteiger partial charge in [0.1, 0.15) is 29.1 Å². The van der Waals surface area contributed by atoms with Crippen LogP contribution in [0.2, 0.25) is 0 Å². The van der Waals surface area contributed by atoms with Gasteiger partial charge in [-0.25, -0.2) is 13.2 Å². The van der Waals surface area contributed by atoms with Gasteiger partial charge in [0.15, 0.2) is 0 Å². The Balaban J connectivity index is 1.50. The maximum atomic E-state index is 15.1. The number of rotatable bonds is 6. The molecule has 4 aromatic rings. The highest BCUT2D eigenvalue weighted by atomic mass is 19.1. The van der Waals surface area contributed by atoms with Crippen molar-refractivity contribution in [2.45, 2.75) is 25.7 Å². The van der Waals surface area contributed by atoms with E-state index in [2.05, 4.69) is 42.7 Å². The molecule has 4 heteroatoms. The number of benzene rings is 4. The molecule has 0 radical (unpaired) electrons. The number of nitrogens with zero attached hydrogens (tertiary/aromatic N) is 1. The van der Waals surface area contributed by atoms with Gasteiger partial charge in [-0.15, -0.1) is 6.58 Å². The highest BCUT2D eigenvalue weighted by molar-refractivity contribution is 5.85. The average molecular weight is 466 g/mol. The predicted molar refractivity (Wildman–Crippen MR) is 133 cm³/mol. The minimum Gasteiger partial charge on any atom is -0.205 e. The zero-order valence-electron chi connectivity index (χ0n) is 19.0. The number of nitriles is 1. The van der Waals surface area contributed by atoms with Gasteiger partial charge in [0.05, 0.1) is 5.56 Å². The molecule has 172 valence electrons. The highest BCUT2D eigenvalue weighted by Crippen LogP contribution is 2.23. The number of allylic oxidation sites excluding steroid dienone is 1. The zero-order valence-corrected chi connectivity index (χ0v) is 19.0. The molecule has 0 fully saturated rings. The summed E-state index contributed by atoms with van der Waals surface area (Å²) in [4.78, 5) is 0. The molecule has 0 saturated heterocycles. The van der Waals surface area contributed by atoms with Gasteiger partial charge in [0.25, 0.3) is 0 Å². The molecule has 4 aromatic carbocycles. The first-order valence-corrected chi connectivity index (χ1v) is 11.3. The van der Waals surface area contributed by atoms with Crippen LogP contribution in [0.4, 0.5) is 13.2 Å². The van der Waals surface area contributed by atoms with Crippen molar-refractivity contribution in [2.24, 2.45) is 0 Å². The van der Waals surface area contributed by atoms with E-state index in [1.54, 1.807) is 18.2 Å². The van der Waals surface area contributed by atoms with Gasteiger partial charge in [0, 0.05) is 10.9 Å². The van der Waals surface area contributed by atoms with Crippen LogP contribution >= 0.6 is 0 Å². The van der Waals surface area contributed by atoms with Crippen LogP contribution in [0.1, 0.15) is 39.8 Å². The van der Waals surface area contributed by atoms with E-state index < -0.39 is 23.0 Å². The molecule has 0 unspecified atom stereocenters. The van der Waals surface area contributed by atoms with Crippen molar-refractivity contribution in [3.63, 3.8) is 0 Å². The van der Waals surface area contributed by atoms with Crippen LogP contribution in [0.25, 0.3) is 10.8 Å². The van der Waals surface area contributed by atoms with E-state index in [9.17, 15) is 8.78 Å². The SMILES string of the molecule is C=CCCc1ccc(CCc2ccc3c(F)c(C#Cc4cc(F)c(C#N)c(F)c4)ccc3c2)cc1. The van der Waals surface area contributed by atoms with Gasteiger partial charge in [-0.3, -0.25) is 0 Å². The van der Waals surface area contributed by atoms with Crippen LogP contribution in [0, 0.1) is 40.6 Å². The Morgan fingerprint density at radius 3 is 2.03 bits per heavy atom. The molecular weight excluding hydrogens is 443 g/mol. The molecule has 0 aliphatic rings. The summed E-state index contributed by atoms with van der Waals surface area (Å²) < 4.78 is 42.6. The first-order chi connectivity index (χ1) is 17.0. The Kier molecular flexibility index (Phi) is 7.34. The topological polar surface area (TPSA) is 23.8 Å². The molecule has 0 aliphatic carbocycles.